The van der Waals surface area contributed by atoms with E-state index in [4.69, 9.17) is 15.2 Å². The number of nitrogens with one attached hydrogen (secondary N) is 1. The average Bonchev–Trinajstić information content (AvgIpc) is 3.62. The van der Waals surface area contributed by atoms with Gasteiger partial charge in [0.2, 0.25) is 11.8 Å². The molecule has 5 rings (SSSR count). The van der Waals surface area contributed by atoms with Gasteiger partial charge in [-0.1, -0.05) is 24.3 Å². The van der Waals surface area contributed by atoms with Crippen LogP contribution in [0.3, 0.4) is 0 Å². The molecule has 0 saturated heterocycles. The van der Waals surface area contributed by atoms with E-state index in [1.165, 1.54) is 0 Å². The highest BCUT2D eigenvalue weighted by Crippen LogP contribution is 2.51. The van der Waals surface area contributed by atoms with Crippen LogP contribution in [0, 0.1) is 11.8 Å². The Kier molecular flexibility index (Phi) is 6.43. The molecular weight excluding hydrogens is 470 g/mol. The van der Waals surface area contributed by atoms with Gasteiger partial charge in [-0.05, 0) is 50.8 Å². The lowest BCUT2D eigenvalue weighted by molar-refractivity contribution is -0.132. The zero-order valence-electron chi connectivity index (χ0n) is 21.8. The Morgan fingerprint density at radius 1 is 1.27 bits per heavy atom. The van der Waals surface area contributed by atoms with Crippen LogP contribution >= 0.6 is 0 Å². The zero-order valence-corrected chi connectivity index (χ0v) is 21.8. The Morgan fingerprint density at radius 2 is 2.05 bits per heavy atom. The molecule has 1 aromatic carbocycles. The highest BCUT2D eigenvalue weighted by Gasteiger charge is 2.53. The number of ether oxygens (including phenoxy) is 2. The van der Waals surface area contributed by atoms with Crippen molar-refractivity contribution < 1.29 is 19.1 Å². The van der Waals surface area contributed by atoms with E-state index in [9.17, 15) is 9.59 Å². The summed E-state index contributed by atoms with van der Waals surface area (Å²) in [6.45, 7) is 6.19. The van der Waals surface area contributed by atoms with Gasteiger partial charge in [0.1, 0.15) is 11.4 Å². The molecule has 2 aromatic rings. The summed E-state index contributed by atoms with van der Waals surface area (Å²) in [4.78, 5) is 37.2. The molecule has 2 amide bonds. The molecule has 3 heterocycles. The number of methoxy groups -OCH3 is 1. The Hall–Kier alpha value is -3.46. The van der Waals surface area contributed by atoms with E-state index in [0.29, 0.717) is 19.4 Å². The maximum absolute atomic E-state index is 13.6. The van der Waals surface area contributed by atoms with Crippen molar-refractivity contribution in [2.24, 2.45) is 22.6 Å². The molecule has 3 N–H and O–H groups in total. The number of fused-ring (bicyclic) bond motifs is 1. The number of benzene rings is 1. The molecule has 9 nitrogen and oxygen atoms in total. The van der Waals surface area contributed by atoms with Crippen molar-refractivity contribution in [3.8, 4) is 5.75 Å². The first-order valence-corrected chi connectivity index (χ1v) is 12.8. The predicted molar refractivity (Wildman–Crippen MR) is 139 cm³/mol. The minimum Gasteiger partial charge on any atom is -0.485 e. The number of nitrogens with two attached hydrogens (primary N) is 1. The van der Waals surface area contributed by atoms with Crippen LogP contribution in [-0.2, 0) is 14.3 Å². The van der Waals surface area contributed by atoms with E-state index in [1.807, 2.05) is 57.2 Å². The Labute approximate surface area is 217 Å². The summed E-state index contributed by atoms with van der Waals surface area (Å²) >= 11 is 0. The summed E-state index contributed by atoms with van der Waals surface area (Å²) < 4.78 is 11.6. The maximum Gasteiger partial charge on any atom is 0.232 e. The van der Waals surface area contributed by atoms with Crippen molar-refractivity contribution in [2.45, 2.75) is 63.3 Å². The summed E-state index contributed by atoms with van der Waals surface area (Å²) in [5, 5.41) is 3.27. The zero-order chi connectivity index (χ0) is 26.4. The van der Waals surface area contributed by atoms with Crippen LogP contribution < -0.4 is 15.8 Å². The van der Waals surface area contributed by atoms with E-state index in [0.717, 1.165) is 16.9 Å². The van der Waals surface area contributed by atoms with Gasteiger partial charge in [0, 0.05) is 37.4 Å². The summed E-state index contributed by atoms with van der Waals surface area (Å²) in [6, 6.07) is 10.9. The molecule has 1 aromatic heterocycles. The lowest BCUT2D eigenvalue weighted by atomic mass is 9.88. The number of rotatable bonds is 7. The van der Waals surface area contributed by atoms with Crippen molar-refractivity contribution in [3.05, 3.63) is 59.9 Å². The van der Waals surface area contributed by atoms with Crippen LogP contribution in [0.1, 0.15) is 63.2 Å². The number of pyridine rings is 1. The van der Waals surface area contributed by atoms with E-state index in [-0.39, 0.29) is 42.1 Å². The number of hydrogen-bond acceptors (Lipinski definition) is 7. The molecule has 1 fully saturated rings. The van der Waals surface area contributed by atoms with Gasteiger partial charge >= 0.3 is 0 Å². The van der Waals surface area contributed by atoms with Gasteiger partial charge in [-0.25, -0.2) is 4.99 Å². The van der Waals surface area contributed by atoms with Crippen LogP contribution in [0.2, 0.25) is 0 Å². The molecular formula is C28H35N5O4. The molecule has 2 aliphatic heterocycles. The normalized spacial score (nSPS) is 29.0. The van der Waals surface area contributed by atoms with Crippen molar-refractivity contribution in [3.63, 3.8) is 0 Å². The van der Waals surface area contributed by atoms with Crippen LogP contribution in [-0.4, -0.2) is 52.5 Å². The summed E-state index contributed by atoms with van der Waals surface area (Å²) in [6.07, 6.45) is 4.92. The molecule has 196 valence electrons. The number of carbonyl (C=O) groups is 2. The molecule has 1 aliphatic carbocycles. The molecule has 1 saturated carbocycles. The van der Waals surface area contributed by atoms with Gasteiger partial charge < -0.3 is 20.5 Å². The second-order valence-corrected chi connectivity index (χ2v) is 11.2. The summed E-state index contributed by atoms with van der Waals surface area (Å²) in [5.74, 6) is 0.458. The fourth-order valence-corrected chi connectivity index (χ4v) is 5.80. The fourth-order valence-electron chi connectivity index (χ4n) is 5.80. The highest BCUT2D eigenvalue weighted by atomic mass is 16.5. The number of guanidine groups is 1. The number of hydrogen-bond donors (Lipinski definition) is 2. The van der Waals surface area contributed by atoms with E-state index >= 15 is 0 Å². The first kappa shape index (κ1) is 25.2. The number of aromatic nitrogens is 1. The lowest BCUT2D eigenvalue weighted by Gasteiger charge is -2.40. The van der Waals surface area contributed by atoms with Crippen molar-refractivity contribution in [2.75, 3.05) is 13.7 Å². The molecule has 1 unspecified atom stereocenters. The van der Waals surface area contributed by atoms with Gasteiger partial charge in [0.15, 0.2) is 5.96 Å². The van der Waals surface area contributed by atoms with Gasteiger partial charge in [-0.15, -0.1) is 0 Å². The van der Waals surface area contributed by atoms with Gasteiger partial charge in [-0.3, -0.25) is 19.5 Å². The maximum atomic E-state index is 13.6. The fraction of sp³-hybridized carbons (Fsp3) is 0.500. The predicted octanol–water partition coefficient (Wildman–Crippen LogP) is 3.13. The SMILES string of the molecule is COCC1(C)C[C@H](NC(=O)[C@H]2C[C@@H]2[C@@H](c2cccnc2)N2C(=O)CC(C)(C)N=C2N)c2ccccc2O1. The van der Waals surface area contributed by atoms with E-state index in [1.54, 1.807) is 24.4 Å². The Morgan fingerprint density at radius 3 is 2.76 bits per heavy atom. The minimum atomic E-state index is -0.555. The van der Waals surface area contributed by atoms with Crippen LogP contribution in [0.4, 0.5) is 0 Å². The molecule has 0 radical (unpaired) electrons. The molecule has 0 spiro atoms. The van der Waals surface area contributed by atoms with Crippen LogP contribution in [0.5, 0.6) is 5.75 Å². The smallest absolute Gasteiger partial charge is 0.232 e. The largest absolute Gasteiger partial charge is 0.485 e. The molecule has 5 atom stereocenters. The van der Waals surface area contributed by atoms with Crippen LogP contribution in [0.15, 0.2) is 53.8 Å². The third kappa shape index (κ3) is 5.05. The van der Waals surface area contributed by atoms with Gasteiger partial charge in [0.05, 0.1) is 30.7 Å². The number of nitrogens with zero attached hydrogens (tertiary/aromatic N) is 3. The van der Waals surface area contributed by atoms with Crippen molar-refractivity contribution in [1.82, 2.24) is 15.2 Å². The quantitative estimate of drug-likeness (QED) is 0.597. The first-order valence-electron chi connectivity index (χ1n) is 12.8. The second kappa shape index (κ2) is 9.45. The lowest BCUT2D eigenvalue weighted by Crippen LogP contribution is -2.52. The Bertz CT molecular complexity index is 1220. The van der Waals surface area contributed by atoms with Gasteiger partial charge in [0.25, 0.3) is 0 Å². The monoisotopic (exact) mass is 505 g/mol. The standard InChI is InChI=1S/C28H35N5O4/c1-27(2)14-23(34)33(26(29)32-27)24(17-8-7-11-30-15-17)19-12-20(19)25(35)31-21-13-28(3,16-36-4)37-22-10-6-5-9-18(21)22/h5-11,15,19-21,24H,12-14,16H2,1-4H3,(H2,29,32)(H,31,35)/t19-,20-,21-,24+,28?/m0/s1. The molecule has 0 bridgehead atoms. The first-order chi connectivity index (χ1) is 17.6. The minimum absolute atomic E-state index is 0.0411. The van der Waals surface area contributed by atoms with Crippen molar-refractivity contribution >= 4 is 17.8 Å². The molecule has 9 heteroatoms. The summed E-state index contributed by atoms with van der Waals surface area (Å²) in [7, 11) is 1.65. The third-order valence-electron chi connectivity index (χ3n) is 7.46. The number of carbonyl (C=O) groups excluding carboxylic acids is 2. The third-order valence-corrected chi connectivity index (χ3v) is 7.46. The molecule has 37 heavy (non-hydrogen) atoms. The average molecular weight is 506 g/mol. The number of amides is 2. The second-order valence-electron chi connectivity index (χ2n) is 11.2. The molecule has 3 aliphatic rings. The topological polar surface area (TPSA) is 119 Å². The Balaban J connectivity index is 1.39. The highest BCUT2D eigenvalue weighted by molar-refractivity contribution is 5.99. The summed E-state index contributed by atoms with van der Waals surface area (Å²) in [5.41, 5.74) is 7.03. The van der Waals surface area contributed by atoms with E-state index in [2.05, 4.69) is 15.3 Å². The van der Waals surface area contributed by atoms with E-state index < -0.39 is 17.2 Å². The number of aliphatic imine (C=N–C) groups is 1. The van der Waals surface area contributed by atoms with Gasteiger partial charge in [-0.2, -0.15) is 0 Å². The van der Waals surface area contributed by atoms with Crippen LogP contribution in [0.25, 0.3) is 0 Å². The van der Waals surface area contributed by atoms with Crippen molar-refractivity contribution in [1.29, 1.82) is 0 Å². The number of para-hydroxylation sites is 1.